The minimum atomic E-state index is -4.79. The second kappa shape index (κ2) is 11.2. The third-order valence-electron chi connectivity index (χ3n) is 1.59. The summed E-state index contributed by atoms with van der Waals surface area (Å²) < 4.78 is 14.1. The molecule has 0 heterocycles. The van der Waals surface area contributed by atoms with Gasteiger partial charge in [0, 0.05) is 0 Å². The van der Waals surface area contributed by atoms with Crippen LogP contribution in [0.3, 0.4) is 0 Å². The molecule has 0 aromatic heterocycles. The van der Waals surface area contributed by atoms with Gasteiger partial charge in [-0.1, -0.05) is 0 Å². The van der Waals surface area contributed by atoms with E-state index in [0.717, 1.165) is 0 Å². The Hall–Kier alpha value is 1.46. The molecule has 0 aromatic rings. The molecule has 6 N–H and O–H groups in total. The molecule has 0 rings (SSSR count). The van der Waals surface area contributed by atoms with E-state index in [1.807, 2.05) is 0 Å². The van der Waals surface area contributed by atoms with Gasteiger partial charge in [-0.3, -0.25) is 9.32 Å². The van der Waals surface area contributed by atoms with E-state index in [1.54, 1.807) is 0 Å². The van der Waals surface area contributed by atoms with Crippen molar-refractivity contribution in [1.82, 2.24) is 0 Å². The molecular formula is C6H15Na2O9P. The van der Waals surface area contributed by atoms with E-state index >= 15 is 0 Å². The van der Waals surface area contributed by atoms with E-state index in [9.17, 15) is 9.36 Å². The second-order valence-electron chi connectivity index (χ2n) is 3.01. The van der Waals surface area contributed by atoms with Gasteiger partial charge < -0.3 is 30.2 Å². The normalized spacial score (nSPS) is 15.8. The topological polar surface area (TPSA) is 165 Å². The third kappa shape index (κ3) is 12.5. The summed E-state index contributed by atoms with van der Waals surface area (Å²) >= 11 is 0. The SMILES string of the molecule is O=C(O)C[C@H](O)[C@@H](O)[C@H](O)COP(=O)(O)O.[NaH].[NaH]. The molecule has 0 saturated heterocycles. The molecule has 0 amide bonds. The number of hydrogen-bond acceptors (Lipinski definition) is 6. The maximum absolute atomic E-state index is 10.2. The molecule has 100 valence electrons. The Morgan fingerprint density at radius 2 is 1.56 bits per heavy atom. The first-order chi connectivity index (χ1) is 7.13. The van der Waals surface area contributed by atoms with Crippen LogP contribution in [0.25, 0.3) is 0 Å². The minimum absolute atomic E-state index is 0. The molecule has 0 unspecified atom stereocenters. The summed E-state index contributed by atoms with van der Waals surface area (Å²) in [4.78, 5) is 26.7. The molecule has 0 radical (unpaired) electrons. The standard InChI is InChI=1S/C6H13O9P.2Na.2H/c7-3(1-5(9)10)6(11)4(8)2-15-16(12,13)14;;;;/h3-4,6-8,11H,1-2H2,(H,9,10)(H2,12,13,14);;;;/t3-,4+,6+;;;;/m0..../s1. The van der Waals surface area contributed by atoms with Crippen molar-refractivity contribution in [3.05, 3.63) is 0 Å². The van der Waals surface area contributed by atoms with Crippen LogP contribution in [0.1, 0.15) is 6.42 Å². The number of aliphatic hydroxyl groups is 3. The van der Waals surface area contributed by atoms with Crippen LogP contribution < -0.4 is 0 Å². The number of phosphoric acid groups is 1. The van der Waals surface area contributed by atoms with Gasteiger partial charge in [0.15, 0.2) is 0 Å². The van der Waals surface area contributed by atoms with Crippen LogP contribution in [0.15, 0.2) is 0 Å². The third-order valence-corrected chi connectivity index (χ3v) is 2.07. The average Bonchev–Trinajstić information content (AvgIpc) is 2.10. The first-order valence-corrected chi connectivity index (χ1v) is 5.62. The molecule has 0 saturated carbocycles. The molecule has 18 heavy (non-hydrogen) atoms. The number of carbonyl (C=O) groups is 1. The number of rotatable bonds is 7. The Bertz CT molecular complexity index is 282. The summed E-state index contributed by atoms with van der Waals surface area (Å²) in [7, 11) is -4.79. The summed E-state index contributed by atoms with van der Waals surface area (Å²) in [5.41, 5.74) is 0. The predicted molar refractivity (Wildman–Crippen MR) is 62.6 cm³/mol. The van der Waals surface area contributed by atoms with E-state index in [2.05, 4.69) is 4.52 Å². The second-order valence-corrected chi connectivity index (χ2v) is 4.25. The van der Waals surface area contributed by atoms with Crippen molar-refractivity contribution >= 4 is 72.9 Å². The molecule has 0 aliphatic rings. The molecule has 0 aliphatic carbocycles. The summed E-state index contributed by atoms with van der Waals surface area (Å²) in [6.45, 7) is -0.928. The number of carboxylic acid groups (broad SMARTS) is 1. The number of aliphatic hydroxyl groups excluding tert-OH is 3. The van der Waals surface area contributed by atoms with Crippen molar-refractivity contribution in [2.24, 2.45) is 0 Å². The van der Waals surface area contributed by atoms with E-state index in [1.165, 1.54) is 0 Å². The van der Waals surface area contributed by atoms with Gasteiger partial charge in [-0.15, -0.1) is 0 Å². The zero-order chi connectivity index (χ0) is 12.9. The summed E-state index contributed by atoms with van der Waals surface area (Å²) in [6.07, 6.45) is -6.24. The molecule has 12 heteroatoms. The van der Waals surface area contributed by atoms with Crippen molar-refractivity contribution in [2.75, 3.05) is 6.61 Å². The summed E-state index contributed by atoms with van der Waals surface area (Å²) in [6, 6.07) is 0. The van der Waals surface area contributed by atoms with Crippen molar-refractivity contribution in [3.8, 4) is 0 Å². The predicted octanol–water partition coefficient (Wildman–Crippen LogP) is -3.64. The van der Waals surface area contributed by atoms with Gasteiger partial charge in [0.05, 0.1) is 19.1 Å². The van der Waals surface area contributed by atoms with Crippen LogP contribution in [0, 0.1) is 0 Å². The van der Waals surface area contributed by atoms with Crippen molar-refractivity contribution < 1.29 is 44.1 Å². The quantitative estimate of drug-likeness (QED) is 0.205. The maximum atomic E-state index is 10.2. The first kappa shape index (κ1) is 24.5. The molecular weight excluding hydrogens is 293 g/mol. The number of carboxylic acids is 1. The number of phosphoric ester groups is 1. The fourth-order valence-corrected chi connectivity index (χ4v) is 1.18. The van der Waals surface area contributed by atoms with Crippen molar-refractivity contribution in [3.63, 3.8) is 0 Å². The molecule has 9 nitrogen and oxygen atoms in total. The molecule has 3 atom stereocenters. The van der Waals surface area contributed by atoms with Gasteiger partial charge in [0.25, 0.3) is 0 Å². The summed E-state index contributed by atoms with van der Waals surface area (Å²) in [5, 5.41) is 35.5. The van der Waals surface area contributed by atoms with Crippen LogP contribution in [-0.2, 0) is 13.9 Å². The van der Waals surface area contributed by atoms with Crippen molar-refractivity contribution in [2.45, 2.75) is 24.7 Å². The van der Waals surface area contributed by atoms with Crippen LogP contribution in [0.2, 0.25) is 0 Å². The Morgan fingerprint density at radius 1 is 1.11 bits per heavy atom. The zero-order valence-corrected chi connectivity index (χ0v) is 8.90. The van der Waals surface area contributed by atoms with Crippen LogP contribution in [0.5, 0.6) is 0 Å². The van der Waals surface area contributed by atoms with E-state index in [-0.39, 0.29) is 59.1 Å². The first-order valence-electron chi connectivity index (χ1n) is 4.09. The van der Waals surface area contributed by atoms with E-state index in [4.69, 9.17) is 30.2 Å². The van der Waals surface area contributed by atoms with Gasteiger partial charge in [0.2, 0.25) is 0 Å². The fraction of sp³-hybridized carbons (Fsp3) is 0.833. The van der Waals surface area contributed by atoms with Crippen LogP contribution in [0.4, 0.5) is 0 Å². The summed E-state index contributed by atoms with van der Waals surface area (Å²) in [5.74, 6) is -1.39. The van der Waals surface area contributed by atoms with Crippen LogP contribution in [-0.4, -0.2) is 120 Å². The van der Waals surface area contributed by atoms with Crippen LogP contribution >= 0.6 is 7.82 Å². The Kier molecular flexibility index (Phi) is 15.2. The molecule has 0 aromatic carbocycles. The Morgan fingerprint density at radius 3 is 1.89 bits per heavy atom. The fourth-order valence-electron chi connectivity index (χ4n) is 0.828. The molecule has 0 fully saturated rings. The average molecular weight is 308 g/mol. The molecule has 0 aliphatic heterocycles. The van der Waals surface area contributed by atoms with Gasteiger partial charge >= 0.3 is 72.9 Å². The van der Waals surface area contributed by atoms with Gasteiger partial charge in [0.1, 0.15) is 12.2 Å². The zero-order valence-electron chi connectivity index (χ0n) is 8.00. The molecule has 0 bridgehead atoms. The van der Waals surface area contributed by atoms with Crippen molar-refractivity contribution in [1.29, 1.82) is 0 Å². The van der Waals surface area contributed by atoms with Gasteiger partial charge in [-0.05, 0) is 0 Å². The molecule has 0 spiro atoms. The van der Waals surface area contributed by atoms with E-state index < -0.39 is 45.1 Å². The Balaban J connectivity index is -0.00000112. The number of aliphatic carboxylic acids is 1. The monoisotopic (exact) mass is 308 g/mol. The Labute approximate surface area is 147 Å². The van der Waals surface area contributed by atoms with E-state index in [0.29, 0.717) is 0 Å². The van der Waals surface area contributed by atoms with Gasteiger partial charge in [-0.25, -0.2) is 4.57 Å². The number of hydrogen-bond donors (Lipinski definition) is 6. The van der Waals surface area contributed by atoms with Gasteiger partial charge in [-0.2, -0.15) is 0 Å².